The van der Waals surface area contributed by atoms with E-state index in [4.69, 9.17) is 0 Å². The van der Waals surface area contributed by atoms with E-state index in [2.05, 4.69) is 20.5 Å². The van der Waals surface area contributed by atoms with Crippen LogP contribution in [0.1, 0.15) is 5.69 Å². The first-order valence-electron chi connectivity index (χ1n) is 4.94. The Morgan fingerprint density at radius 1 is 1.12 bits per heavy atom. The van der Waals surface area contributed by atoms with E-state index in [-0.39, 0.29) is 0 Å². The van der Waals surface area contributed by atoms with Crippen molar-refractivity contribution in [2.24, 2.45) is 0 Å². The van der Waals surface area contributed by atoms with Crippen LogP contribution in [-0.2, 0) is 0 Å². The monoisotopic (exact) mass is 211 g/mol. The van der Waals surface area contributed by atoms with E-state index < -0.39 is 0 Å². The molecule has 0 aliphatic heterocycles. The Bertz CT molecular complexity index is 629. The second-order valence-electron chi connectivity index (χ2n) is 3.51. The van der Waals surface area contributed by atoms with Gasteiger partial charge in [0, 0.05) is 5.56 Å². The number of pyridine rings is 1. The van der Waals surface area contributed by atoms with E-state index >= 15 is 0 Å². The van der Waals surface area contributed by atoms with Crippen molar-refractivity contribution in [2.75, 3.05) is 0 Å². The van der Waals surface area contributed by atoms with Crippen LogP contribution in [0.15, 0.2) is 36.7 Å². The zero-order valence-corrected chi connectivity index (χ0v) is 8.70. The van der Waals surface area contributed by atoms with Crippen molar-refractivity contribution in [3.63, 3.8) is 0 Å². The van der Waals surface area contributed by atoms with Crippen LogP contribution >= 0.6 is 0 Å². The largest absolute Gasteiger partial charge is 0.213 e. The standard InChI is InChI=1S/C11H9N5/c1-8-10-3-2-4-11(16(10)15-14-8)9-5-6-12-13-7-9/h2-7H,1H3. The van der Waals surface area contributed by atoms with Gasteiger partial charge in [0.15, 0.2) is 0 Å². The number of aromatic nitrogens is 5. The lowest BCUT2D eigenvalue weighted by atomic mass is 10.2. The molecule has 0 spiro atoms. The number of hydrogen-bond acceptors (Lipinski definition) is 4. The number of aryl methyl sites for hydroxylation is 1. The third-order valence-electron chi connectivity index (χ3n) is 2.50. The summed E-state index contributed by atoms with van der Waals surface area (Å²) < 4.78 is 1.81. The second-order valence-corrected chi connectivity index (χ2v) is 3.51. The molecule has 5 heteroatoms. The molecule has 0 aromatic carbocycles. The lowest BCUT2D eigenvalue weighted by molar-refractivity contribution is 0.853. The summed E-state index contributed by atoms with van der Waals surface area (Å²) in [5.41, 5.74) is 3.87. The highest BCUT2D eigenvalue weighted by molar-refractivity contribution is 5.64. The van der Waals surface area contributed by atoms with Gasteiger partial charge >= 0.3 is 0 Å². The zero-order valence-electron chi connectivity index (χ0n) is 8.70. The summed E-state index contributed by atoms with van der Waals surface area (Å²) in [4.78, 5) is 0. The number of rotatable bonds is 1. The molecule has 0 fully saturated rings. The molecule has 0 amide bonds. The molecule has 0 aliphatic carbocycles. The normalized spacial score (nSPS) is 10.8. The van der Waals surface area contributed by atoms with E-state index in [9.17, 15) is 0 Å². The van der Waals surface area contributed by atoms with Gasteiger partial charge in [-0.05, 0) is 25.1 Å². The highest BCUT2D eigenvalue weighted by atomic mass is 15.4. The summed E-state index contributed by atoms with van der Waals surface area (Å²) >= 11 is 0. The van der Waals surface area contributed by atoms with Crippen LogP contribution in [0.2, 0.25) is 0 Å². The molecule has 5 nitrogen and oxygen atoms in total. The molecule has 3 heterocycles. The van der Waals surface area contributed by atoms with E-state index in [1.165, 1.54) is 0 Å². The molecule has 0 saturated carbocycles. The molecule has 16 heavy (non-hydrogen) atoms. The minimum Gasteiger partial charge on any atom is -0.213 e. The molecule has 3 aromatic rings. The van der Waals surface area contributed by atoms with Crippen molar-refractivity contribution in [1.82, 2.24) is 25.0 Å². The van der Waals surface area contributed by atoms with Crippen LogP contribution in [0, 0.1) is 6.92 Å². The van der Waals surface area contributed by atoms with Crippen molar-refractivity contribution in [3.8, 4) is 11.3 Å². The Morgan fingerprint density at radius 2 is 2.06 bits per heavy atom. The average molecular weight is 211 g/mol. The fourth-order valence-corrected chi connectivity index (χ4v) is 1.70. The molecular formula is C11H9N5. The molecule has 0 saturated heterocycles. The zero-order chi connectivity index (χ0) is 11.0. The minimum absolute atomic E-state index is 0.920. The molecule has 0 radical (unpaired) electrons. The van der Waals surface area contributed by atoms with Crippen LogP contribution in [-0.4, -0.2) is 25.0 Å². The second kappa shape index (κ2) is 3.37. The van der Waals surface area contributed by atoms with Crippen molar-refractivity contribution in [1.29, 1.82) is 0 Å². The highest BCUT2D eigenvalue weighted by Crippen LogP contribution is 2.19. The minimum atomic E-state index is 0.920. The summed E-state index contributed by atoms with van der Waals surface area (Å²) in [6, 6.07) is 7.87. The van der Waals surface area contributed by atoms with Crippen molar-refractivity contribution in [3.05, 3.63) is 42.4 Å². The predicted octanol–water partition coefficient (Wildman–Crippen LogP) is 1.49. The number of fused-ring (bicyclic) bond motifs is 1. The molecule has 3 rings (SSSR count). The Labute approximate surface area is 91.8 Å². The van der Waals surface area contributed by atoms with Gasteiger partial charge in [-0.1, -0.05) is 11.3 Å². The maximum atomic E-state index is 4.11. The van der Waals surface area contributed by atoms with Crippen LogP contribution in [0.25, 0.3) is 16.8 Å². The Hall–Kier alpha value is -2.30. The van der Waals surface area contributed by atoms with E-state index in [0.29, 0.717) is 0 Å². The van der Waals surface area contributed by atoms with Gasteiger partial charge in [0.05, 0.1) is 29.3 Å². The lowest BCUT2D eigenvalue weighted by Crippen LogP contribution is -1.94. The van der Waals surface area contributed by atoms with Gasteiger partial charge in [-0.25, -0.2) is 4.52 Å². The van der Waals surface area contributed by atoms with Crippen LogP contribution in [0.4, 0.5) is 0 Å². The smallest absolute Gasteiger partial charge is 0.0901 e. The van der Waals surface area contributed by atoms with E-state index in [1.807, 2.05) is 35.7 Å². The van der Waals surface area contributed by atoms with Gasteiger partial charge in [-0.3, -0.25) is 0 Å². The van der Waals surface area contributed by atoms with E-state index in [1.54, 1.807) is 12.4 Å². The maximum absolute atomic E-state index is 4.11. The maximum Gasteiger partial charge on any atom is 0.0901 e. The van der Waals surface area contributed by atoms with Crippen molar-refractivity contribution >= 4 is 5.52 Å². The lowest BCUT2D eigenvalue weighted by Gasteiger charge is -2.02. The fourth-order valence-electron chi connectivity index (χ4n) is 1.70. The van der Waals surface area contributed by atoms with Crippen LogP contribution in [0.5, 0.6) is 0 Å². The molecular weight excluding hydrogens is 202 g/mol. The summed E-state index contributed by atoms with van der Waals surface area (Å²) in [5.74, 6) is 0. The number of nitrogens with zero attached hydrogens (tertiary/aromatic N) is 5. The summed E-state index contributed by atoms with van der Waals surface area (Å²) in [6.07, 6.45) is 3.38. The van der Waals surface area contributed by atoms with Crippen molar-refractivity contribution < 1.29 is 0 Å². The van der Waals surface area contributed by atoms with E-state index in [0.717, 1.165) is 22.5 Å². The van der Waals surface area contributed by atoms with Crippen molar-refractivity contribution in [2.45, 2.75) is 6.92 Å². The molecule has 0 N–H and O–H groups in total. The Kier molecular flexibility index (Phi) is 1.89. The van der Waals surface area contributed by atoms with Crippen LogP contribution < -0.4 is 0 Å². The molecule has 0 aliphatic rings. The van der Waals surface area contributed by atoms with Gasteiger partial charge in [-0.15, -0.1) is 5.10 Å². The quantitative estimate of drug-likeness (QED) is 0.612. The van der Waals surface area contributed by atoms with Gasteiger partial charge in [0.25, 0.3) is 0 Å². The van der Waals surface area contributed by atoms with Crippen LogP contribution in [0.3, 0.4) is 0 Å². The first-order chi connectivity index (χ1) is 7.86. The average Bonchev–Trinajstić information content (AvgIpc) is 2.73. The number of hydrogen-bond donors (Lipinski definition) is 0. The molecule has 78 valence electrons. The summed E-state index contributed by atoms with van der Waals surface area (Å²) in [5, 5.41) is 15.8. The van der Waals surface area contributed by atoms with Gasteiger partial charge in [-0.2, -0.15) is 10.2 Å². The van der Waals surface area contributed by atoms with Gasteiger partial charge in [0.1, 0.15) is 0 Å². The first kappa shape index (κ1) is 8.96. The Morgan fingerprint density at radius 3 is 2.88 bits per heavy atom. The highest BCUT2D eigenvalue weighted by Gasteiger charge is 2.06. The third kappa shape index (κ3) is 1.25. The SMILES string of the molecule is Cc1nnn2c(-c3ccnnc3)cccc12. The summed E-state index contributed by atoms with van der Waals surface area (Å²) in [6.45, 7) is 1.94. The molecule has 0 atom stereocenters. The predicted molar refractivity (Wildman–Crippen MR) is 58.8 cm³/mol. The first-order valence-corrected chi connectivity index (χ1v) is 4.94. The molecule has 0 bridgehead atoms. The molecule has 0 unspecified atom stereocenters. The topological polar surface area (TPSA) is 56.0 Å². The Balaban J connectivity index is 2.32. The molecule has 3 aromatic heterocycles. The van der Waals surface area contributed by atoms with Gasteiger partial charge in [0.2, 0.25) is 0 Å². The fraction of sp³-hybridized carbons (Fsp3) is 0.0909. The van der Waals surface area contributed by atoms with Gasteiger partial charge < -0.3 is 0 Å². The summed E-state index contributed by atoms with van der Waals surface area (Å²) in [7, 11) is 0. The third-order valence-corrected chi connectivity index (χ3v) is 2.50.